The zero-order valence-corrected chi connectivity index (χ0v) is 14.6. The van der Waals surface area contributed by atoms with Crippen LogP contribution in [-0.4, -0.2) is 78.1 Å². The first kappa shape index (κ1) is 16.5. The average Bonchev–Trinajstić information content (AvgIpc) is 3.06. The van der Waals surface area contributed by atoms with Gasteiger partial charge in [0.05, 0.1) is 0 Å². The number of nitrogens with zero attached hydrogens (tertiary/aromatic N) is 3. The molecule has 6 nitrogen and oxygen atoms in total. The van der Waals surface area contributed by atoms with E-state index in [9.17, 15) is 13.2 Å². The van der Waals surface area contributed by atoms with E-state index >= 15 is 0 Å². The van der Waals surface area contributed by atoms with E-state index in [1.807, 2.05) is 16.7 Å². The summed E-state index contributed by atoms with van der Waals surface area (Å²) in [5, 5.41) is 0. The second kappa shape index (κ2) is 7.07. The molecule has 0 aromatic rings. The highest BCUT2D eigenvalue weighted by Crippen LogP contribution is 2.27. The number of amides is 1. The Morgan fingerprint density at radius 2 is 1.59 bits per heavy atom. The van der Waals surface area contributed by atoms with Crippen LogP contribution < -0.4 is 0 Å². The monoisotopic (exact) mass is 347 g/mol. The minimum atomic E-state index is -3.48. The van der Waals surface area contributed by atoms with E-state index in [1.165, 1.54) is 4.31 Å². The molecule has 0 aromatic heterocycles. The van der Waals surface area contributed by atoms with Crippen molar-refractivity contribution < 1.29 is 13.2 Å². The van der Waals surface area contributed by atoms with Crippen LogP contribution in [0.5, 0.6) is 0 Å². The fourth-order valence-corrected chi connectivity index (χ4v) is 6.30. The van der Waals surface area contributed by atoms with Gasteiger partial charge in [0, 0.05) is 44.2 Å². The summed E-state index contributed by atoms with van der Waals surface area (Å²) < 4.78 is 28.8. The molecule has 8 heteroatoms. The molecule has 0 unspecified atom stereocenters. The van der Waals surface area contributed by atoms with E-state index in [-0.39, 0.29) is 5.91 Å². The van der Waals surface area contributed by atoms with Crippen molar-refractivity contribution >= 4 is 27.9 Å². The minimum absolute atomic E-state index is 0.0124. The highest BCUT2D eigenvalue weighted by molar-refractivity contribution is 7.99. The molecule has 126 valence electrons. The molecular formula is C14H25N3O3S2. The zero-order valence-electron chi connectivity index (χ0n) is 12.9. The molecule has 22 heavy (non-hydrogen) atoms. The molecule has 0 bridgehead atoms. The Bertz CT molecular complexity index is 499. The largest absolute Gasteiger partial charge is 0.340 e. The quantitative estimate of drug-likeness (QED) is 0.756. The van der Waals surface area contributed by atoms with E-state index in [4.69, 9.17) is 0 Å². The Balaban J connectivity index is 1.72. The van der Waals surface area contributed by atoms with Gasteiger partial charge in [-0.25, -0.2) is 0 Å². The van der Waals surface area contributed by atoms with Gasteiger partial charge in [0.2, 0.25) is 5.91 Å². The van der Waals surface area contributed by atoms with Crippen molar-refractivity contribution in [3.05, 3.63) is 0 Å². The first-order valence-corrected chi connectivity index (χ1v) is 10.8. The third-order valence-electron chi connectivity index (χ3n) is 4.75. The Kier molecular flexibility index (Phi) is 5.31. The molecule has 3 rings (SSSR count). The van der Waals surface area contributed by atoms with Crippen LogP contribution in [0.1, 0.15) is 32.1 Å². The molecule has 0 N–H and O–H groups in total. The summed E-state index contributed by atoms with van der Waals surface area (Å²) in [5.41, 5.74) is 0. The highest BCUT2D eigenvalue weighted by atomic mass is 32.2. The maximum absolute atomic E-state index is 12.9. The van der Waals surface area contributed by atoms with Crippen LogP contribution in [0.2, 0.25) is 0 Å². The fourth-order valence-electron chi connectivity index (χ4n) is 3.50. The number of piperidine rings is 1. The van der Waals surface area contributed by atoms with Crippen molar-refractivity contribution in [2.24, 2.45) is 0 Å². The van der Waals surface area contributed by atoms with Crippen LogP contribution in [0, 0.1) is 0 Å². The lowest BCUT2D eigenvalue weighted by Crippen LogP contribution is -2.54. The first-order valence-electron chi connectivity index (χ1n) is 8.24. The number of hydrogen-bond acceptors (Lipinski definition) is 4. The van der Waals surface area contributed by atoms with Crippen LogP contribution in [0.15, 0.2) is 0 Å². The van der Waals surface area contributed by atoms with Gasteiger partial charge in [-0.05, 0) is 25.7 Å². The predicted molar refractivity (Wildman–Crippen MR) is 88.0 cm³/mol. The molecule has 3 aliphatic rings. The lowest BCUT2D eigenvalue weighted by atomic mass is 10.2. The minimum Gasteiger partial charge on any atom is -0.340 e. The zero-order chi connectivity index (χ0) is 15.6. The van der Waals surface area contributed by atoms with Gasteiger partial charge in [0.25, 0.3) is 10.2 Å². The Morgan fingerprint density at radius 1 is 0.909 bits per heavy atom. The number of rotatable bonds is 3. The van der Waals surface area contributed by atoms with Crippen molar-refractivity contribution in [1.29, 1.82) is 0 Å². The third-order valence-corrected chi connectivity index (χ3v) is 7.74. The van der Waals surface area contributed by atoms with Crippen molar-refractivity contribution in [2.45, 2.75) is 38.1 Å². The SMILES string of the molecule is O=C([C@@H]1CCCN1S(=O)(=O)N1CCCCC1)N1CCSCC1. The summed E-state index contributed by atoms with van der Waals surface area (Å²) in [6, 6.07) is -0.477. The maximum Gasteiger partial charge on any atom is 0.282 e. The molecule has 1 atom stereocenters. The molecule has 0 spiro atoms. The van der Waals surface area contributed by atoms with Gasteiger partial charge in [0.1, 0.15) is 6.04 Å². The first-order chi connectivity index (χ1) is 10.6. The maximum atomic E-state index is 12.9. The molecule has 3 fully saturated rings. The van der Waals surface area contributed by atoms with Gasteiger partial charge in [-0.3, -0.25) is 4.79 Å². The number of thioether (sulfide) groups is 1. The molecule has 3 saturated heterocycles. The lowest BCUT2D eigenvalue weighted by molar-refractivity contribution is -0.134. The molecule has 3 aliphatic heterocycles. The normalized spacial score (nSPS) is 28.9. The topological polar surface area (TPSA) is 60.9 Å². The highest BCUT2D eigenvalue weighted by Gasteiger charge is 2.43. The smallest absolute Gasteiger partial charge is 0.282 e. The summed E-state index contributed by atoms with van der Waals surface area (Å²) >= 11 is 1.85. The molecule has 0 aromatic carbocycles. The second-order valence-corrected chi connectivity index (χ2v) is 9.28. The number of carbonyl (C=O) groups is 1. The molecular weight excluding hydrogens is 322 g/mol. The number of hydrogen-bond donors (Lipinski definition) is 0. The van der Waals surface area contributed by atoms with Crippen molar-refractivity contribution in [2.75, 3.05) is 44.2 Å². The molecule has 3 heterocycles. The van der Waals surface area contributed by atoms with Crippen LogP contribution in [0.25, 0.3) is 0 Å². The van der Waals surface area contributed by atoms with Gasteiger partial charge in [-0.1, -0.05) is 6.42 Å². The van der Waals surface area contributed by atoms with Gasteiger partial charge >= 0.3 is 0 Å². The van der Waals surface area contributed by atoms with Crippen LogP contribution in [0.4, 0.5) is 0 Å². The van der Waals surface area contributed by atoms with E-state index < -0.39 is 16.3 Å². The summed E-state index contributed by atoms with van der Waals surface area (Å²) in [4.78, 5) is 14.6. The van der Waals surface area contributed by atoms with Crippen LogP contribution in [-0.2, 0) is 15.0 Å². The molecule has 1 amide bonds. The van der Waals surface area contributed by atoms with E-state index in [2.05, 4.69) is 0 Å². The van der Waals surface area contributed by atoms with E-state index in [0.29, 0.717) is 26.1 Å². The van der Waals surface area contributed by atoms with E-state index in [0.717, 1.165) is 50.3 Å². The van der Waals surface area contributed by atoms with Crippen molar-refractivity contribution in [3.8, 4) is 0 Å². The van der Waals surface area contributed by atoms with Crippen LogP contribution >= 0.6 is 11.8 Å². The number of carbonyl (C=O) groups excluding carboxylic acids is 1. The Labute approximate surface area is 137 Å². The Morgan fingerprint density at radius 3 is 2.27 bits per heavy atom. The standard InChI is InChI=1S/C14H25N3O3S2/c18-14(15-9-11-21-12-10-15)13-5-4-8-17(13)22(19,20)16-6-2-1-3-7-16/h13H,1-12H2/t13-/m0/s1. The van der Waals surface area contributed by atoms with E-state index in [1.54, 1.807) is 4.31 Å². The average molecular weight is 348 g/mol. The molecule has 0 radical (unpaired) electrons. The molecule has 0 aliphatic carbocycles. The second-order valence-electron chi connectivity index (χ2n) is 6.17. The van der Waals surface area contributed by atoms with Crippen molar-refractivity contribution in [3.63, 3.8) is 0 Å². The van der Waals surface area contributed by atoms with Gasteiger partial charge in [-0.15, -0.1) is 0 Å². The van der Waals surface area contributed by atoms with Crippen molar-refractivity contribution in [1.82, 2.24) is 13.5 Å². The summed E-state index contributed by atoms with van der Waals surface area (Å²) in [5.74, 6) is 1.92. The summed E-state index contributed by atoms with van der Waals surface area (Å²) in [7, 11) is -3.48. The summed E-state index contributed by atoms with van der Waals surface area (Å²) in [6.45, 7) is 3.17. The lowest BCUT2D eigenvalue weighted by Gasteiger charge is -2.35. The van der Waals surface area contributed by atoms with Crippen LogP contribution in [0.3, 0.4) is 0 Å². The third kappa shape index (κ3) is 3.29. The van der Waals surface area contributed by atoms with Gasteiger partial charge < -0.3 is 4.90 Å². The molecule has 0 saturated carbocycles. The Hall–Kier alpha value is -0.310. The summed E-state index contributed by atoms with van der Waals surface area (Å²) in [6.07, 6.45) is 4.39. The fraction of sp³-hybridized carbons (Fsp3) is 0.929. The predicted octanol–water partition coefficient (Wildman–Crippen LogP) is 0.757. The van der Waals surface area contributed by atoms with Gasteiger partial charge in [0.15, 0.2) is 0 Å². The van der Waals surface area contributed by atoms with Gasteiger partial charge in [-0.2, -0.15) is 28.8 Å².